The Bertz CT molecular complexity index is 384. The molecule has 0 aliphatic carbocycles. The highest BCUT2D eigenvalue weighted by Crippen LogP contribution is 2.21. The van der Waals surface area contributed by atoms with Gasteiger partial charge in [-0.15, -0.1) is 13.7 Å². The molecule has 0 saturated heterocycles. The minimum Gasteiger partial charge on any atom is -0.824 e. The zero-order valence-electron chi connectivity index (χ0n) is 10.8. The Hall–Kier alpha value is -0.650. The van der Waals surface area contributed by atoms with Crippen LogP contribution in [0.25, 0.3) is 0 Å². The van der Waals surface area contributed by atoms with Gasteiger partial charge in [-0.25, -0.2) is 0 Å². The van der Waals surface area contributed by atoms with Crippen LogP contribution in [0.5, 0.6) is 0 Å². The Morgan fingerprint density at radius 1 is 1.25 bits per heavy atom. The molecule has 0 aliphatic heterocycles. The van der Waals surface area contributed by atoms with Gasteiger partial charge in [0.25, 0.3) is 0 Å². The van der Waals surface area contributed by atoms with Crippen LogP contribution in [-0.2, 0) is 0 Å². The molecule has 1 aromatic rings. The van der Waals surface area contributed by atoms with Crippen LogP contribution in [0.1, 0.15) is 42.5 Å². The van der Waals surface area contributed by atoms with Gasteiger partial charge in [0.2, 0.25) is 0 Å². The molecule has 0 amide bonds. The van der Waals surface area contributed by atoms with Crippen LogP contribution >= 0.6 is 8.20 Å². The van der Waals surface area contributed by atoms with Crippen molar-refractivity contribution in [2.24, 2.45) is 0 Å². The Morgan fingerprint density at radius 3 is 2.19 bits per heavy atom. The average molecular weight is 235 g/mol. The van der Waals surface area contributed by atoms with E-state index in [1.54, 1.807) is 0 Å². The molecule has 0 aliphatic rings. The first kappa shape index (κ1) is 13.4. The Balaban J connectivity index is 3.18. The summed E-state index contributed by atoms with van der Waals surface area (Å²) in [6.07, 6.45) is 1.05. The topological polar surface area (TPSA) is 23.1 Å². The SMILES string of the molecule is CCC(C)P=C([O-])c1c(C)cc(C)cc1C. The van der Waals surface area contributed by atoms with E-state index in [0.717, 1.165) is 31.3 Å². The molecular formula is C14H20OP-. The largest absolute Gasteiger partial charge is 0.824 e. The summed E-state index contributed by atoms with van der Waals surface area (Å²) in [5.74, 6) is 0. The monoisotopic (exact) mass is 235 g/mol. The molecule has 0 bridgehead atoms. The maximum atomic E-state index is 12.2. The van der Waals surface area contributed by atoms with Crippen molar-refractivity contribution in [3.05, 3.63) is 34.4 Å². The number of hydrogen-bond acceptors (Lipinski definition) is 1. The van der Waals surface area contributed by atoms with Crippen molar-refractivity contribution in [3.63, 3.8) is 0 Å². The summed E-state index contributed by atoms with van der Waals surface area (Å²) < 4.78 is 0. The second kappa shape index (κ2) is 5.61. The van der Waals surface area contributed by atoms with Crippen molar-refractivity contribution in [3.8, 4) is 0 Å². The molecule has 0 fully saturated rings. The van der Waals surface area contributed by atoms with E-state index in [0.29, 0.717) is 5.66 Å². The molecule has 2 heteroatoms. The molecule has 0 heterocycles. The first-order valence-electron chi connectivity index (χ1n) is 5.78. The molecular weight excluding hydrogens is 215 g/mol. The number of rotatable bonds is 3. The van der Waals surface area contributed by atoms with Crippen LogP contribution in [-0.4, -0.2) is 11.1 Å². The summed E-state index contributed by atoms with van der Waals surface area (Å²) in [7, 11) is 0.928. The van der Waals surface area contributed by atoms with Gasteiger partial charge in [-0.05, 0) is 49.5 Å². The minimum atomic E-state index is 0.268. The third kappa shape index (κ3) is 3.17. The summed E-state index contributed by atoms with van der Waals surface area (Å²) in [5.41, 5.74) is 5.09. The van der Waals surface area contributed by atoms with Crippen LogP contribution in [0.4, 0.5) is 0 Å². The van der Waals surface area contributed by atoms with Gasteiger partial charge in [-0.1, -0.05) is 31.5 Å². The van der Waals surface area contributed by atoms with E-state index in [1.807, 2.05) is 13.8 Å². The van der Waals surface area contributed by atoms with Crippen molar-refractivity contribution < 1.29 is 5.11 Å². The Labute approximate surface area is 100 Å². The third-order valence-electron chi connectivity index (χ3n) is 2.82. The van der Waals surface area contributed by atoms with E-state index in [4.69, 9.17) is 0 Å². The van der Waals surface area contributed by atoms with Gasteiger partial charge in [-0.2, -0.15) is 0 Å². The summed E-state index contributed by atoms with van der Waals surface area (Å²) in [6, 6.07) is 4.18. The maximum Gasteiger partial charge on any atom is -0.00317 e. The molecule has 0 spiro atoms. The van der Waals surface area contributed by atoms with Crippen molar-refractivity contribution >= 4 is 13.7 Å². The fourth-order valence-electron chi connectivity index (χ4n) is 1.87. The highest BCUT2D eigenvalue weighted by molar-refractivity contribution is 7.41. The van der Waals surface area contributed by atoms with Crippen molar-refractivity contribution in [2.75, 3.05) is 0 Å². The standard InChI is InChI=1S/C14H21OP/c1-6-12(5)16-14(15)13-10(3)7-9(2)8-11(13)4/h7-8,12,15H,6H2,1-5H3/p-1. The summed E-state index contributed by atoms with van der Waals surface area (Å²) in [4.78, 5) is 0. The summed E-state index contributed by atoms with van der Waals surface area (Å²) in [5, 5.41) is 12.2. The number of benzene rings is 1. The summed E-state index contributed by atoms with van der Waals surface area (Å²) >= 11 is 0. The molecule has 0 N–H and O–H groups in total. The van der Waals surface area contributed by atoms with Gasteiger partial charge in [0, 0.05) is 0 Å². The lowest BCUT2D eigenvalue weighted by Crippen LogP contribution is -2.20. The van der Waals surface area contributed by atoms with Crippen LogP contribution in [0.3, 0.4) is 0 Å². The molecule has 88 valence electrons. The first-order valence-corrected chi connectivity index (χ1v) is 6.75. The zero-order valence-corrected chi connectivity index (χ0v) is 11.7. The second-order valence-electron chi connectivity index (χ2n) is 4.47. The number of hydrogen-bond donors (Lipinski definition) is 0. The van der Waals surface area contributed by atoms with E-state index in [9.17, 15) is 5.11 Å². The fraction of sp³-hybridized carbons (Fsp3) is 0.500. The lowest BCUT2D eigenvalue weighted by Gasteiger charge is -2.20. The van der Waals surface area contributed by atoms with Gasteiger partial charge in [-0.3, -0.25) is 0 Å². The van der Waals surface area contributed by atoms with Crippen LogP contribution < -0.4 is 5.11 Å². The van der Waals surface area contributed by atoms with E-state index in [2.05, 4.69) is 32.9 Å². The normalized spacial score (nSPS) is 14.0. The van der Waals surface area contributed by atoms with Gasteiger partial charge < -0.3 is 5.11 Å². The lowest BCUT2D eigenvalue weighted by molar-refractivity contribution is -0.207. The summed E-state index contributed by atoms with van der Waals surface area (Å²) in [6.45, 7) is 10.4. The Kier molecular flexibility index (Phi) is 4.70. The number of aryl methyl sites for hydroxylation is 3. The lowest BCUT2D eigenvalue weighted by atomic mass is 10.0. The van der Waals surface area contributed by atoms with Gasteiger partial charge in [0.15, 0.2) is 0 Å². The zero-order chi connectivity index (χ0) is 12.3. The predicted molar refractivity (Wildman–Crippen MR) is 71.4 cm³/mol. The third-order valence-corrected chi connectivity index (χ3v) is 4.08. The molecule has 1 nitrogen and oxygen atoms in total. The van der Waals surface area contributed by atoms with E-state index >= 15 is 0 Å². The minimum absolute atomic E-state index is 0.268. The maximum absolute atomic E-state index is 12.2. The molecule has 1 rings (SSSR count). The van der Waals surface area contributed by atoms with Crippen molar-refractivity contribution in [1.29, 1.82) is 0 Å². The quantitative estimate of drug-likeness (QED) is 0.738. The van der Waals surface area contributed by atoms with Crippen LogP contribution in [0, 0.1) is 20.8 Å². The molecule has 16 heavy (non-hydrogen) atoms. The van der Waals surface area contributed by atoms with Gasteiger partial charge >= 0.3 is 0 Å². The highest BCUT2D eigenvalue weighted by atomic mass is 31.1. The fourth-order valence-corrected chi connectivity index (χ4v) is 2.94. The van der Waals surface area contributed by atoms with E-state index in [1.165, 1.54) is 5.56 Å². The molecule has 1 atom stereocenters. The van der Waals surface area contributed by atoms with E-state index in [-0.39, 0.29) is 5.48 Å². The molecule has 0 saturated carbocycles. The van der Waals surface area contributed by atoms with Crippen molar-refractivity contribution in [1.82, 2.24) is 0 Å². The second-order valence-corrected chi connectivity index (χ2v) is 6.01. The highest BCUT2D eigenvalue weighted by Gasteiger charge is 2.03. The Morgan fingerprint density at radius 2 is 1.75 bits per heavy atom. The van der Waals surface area contributed by atoms with Gasteiger partial charge in [0.05, 0.1) is 0 Å². The van der Waals surface area contributed by atoms with Crippen LogP contribution in [0.15, 0.2) is 12.1 Å². The molecule has 0 radical (unpaired) electrons. The van der Waals surface area contributed by atoms with Gasteiger partial charge in [0.1, 0.15) is 0 Å². The molecule has 0 aromatic heterocycles. The predicted octanol–water partition coefficient (Wildman–Crippen LogP) is 3.19. The first-order chi connectivity index (χ1) is 7.45. The van der Waals surface area contributed by atoms with Crippen molar-refractivity contribution in [2.45, 2.75) is 46.7 Å². The average Bonchev–Trinajstić information content (AvgIpc) is 2.15. The molecule has 1 aromatic carbocycles. The smallest absolute Gasteiger partial charge is 0.00317 e. The van der Waals surface area contributed by atoms with E-state index < -0.39 is 0 Å². The molecule has 1 unspecified atom stereocenters. The van der Waals surface area contributed by atoms with Crippen LogP contribution in [0.2, 0.25) is 0 Å².